The minimum atomic E-state index is -1.00. The summed E-state index contributed by atoms with van der Waals surface area (Å²) in [7, 11) is 0. The van der Waals surface area contributed by atoms with Crippen molar-refractivity contribution in [3.05, 3.63) is 68.1 Å². The van der Waals surface area contributed by atoms with Crippen LogP contribution in [-0.2, 0) is 0 Å². The molecule has 4 N–H and O–H groups in total. The van der Waals surface area contributed by atoms with Crippen LogP contribution in [0.3, 0.4) is 0 Å². The van der Waals surface area contributed by atoms with Gasteiger partial charge in [0.2, 0.25) is 0 Å². The minimum Gasteiger partial charge on any atom is -0.490 e. The molecule has 0 saturated carbocycles. The van der Waals surface area contributed by atoms with Crippen molar-refractivity contribution < 1.29 is 14.6 Å². The van der Waals surface area contributed by atoms with Gasteiger partial charge in [0.05, 0.1) is 17.7 Å². The Morgan fingerprint density at radius 2 is 2.08 bits per heavy atom. The van der Waals surface area contributed by atoms with E-state index in [1.165, 1.54) is 6.07 Å². The standard InChI is InChI=1S/C20H22N2O4/c1-10-6-11(2)22-19(23)17(10)18(21)15-7-12(3)26-16-5-4-13(20(24)25)8-14(16)9-15/h4-6,8-9,12,18H,7,21H2,1-3H3,(H,22,23)(H,24,25). The lowest BCUT2D eigenvalue weighted by Gasteiger charge is -2.19. The molecule has 6 heteroatoms. The summed E-state index contributed by atoms with van der Waals surface area (Å²) in [5.74, 6) is -0.394. The van der Waals surface area contributed by atoms with Crippen molar-refractivity contribution >= 4 is 12.0 Å². The Morgan fingerprint density at radius 3 is 2.73 bits per heavy atom. The van der Waals surface area contributed by atoms with Crippen LogP contribution in [0.15, 0.2) is 34.6 Å². The first kappa shape index (κ1) is 17.9. The Balaban J connectivity index is 2.10. The van der Waals surface area contributed by atoms with Crippen LogP contribution in [0.5, 0.6) is 5.75 Å². The van der Waals surface area contributed by atoms with Gasteiger partial charge in [0.1, 0.15) is 5.75 Å². The highest BCUT2D eigenvalue weighted by atomic mass is 16.5. The first-order chi connectivity index (χ1) is 12.3. The van der Waals surface area contributed by atoms with Crippen molar-refractivity contribution in [3.8, 4) is 5.75 Å². The second-order valence-corrected chi connectivity index (χ2v) is 6.77. The number of fused-ring (bicyclic) bond motifs is 1. The summed E-state index contributed by atoms with van der Waals surface area (Å²) in [6, 6.07) is 6.04. The molecule has 1 aliphatic heterocycles. The van der Waals surface area contributed by atoms with E-state index in [0.29, 0.717) is 23.3 Å². The zero-order valence-electron chi connectivity index (χ0n) is 15.0. The molecule has 2 heterocycles. The predicted molar refractivity (Wildman–Crippen MR) is 99.6 cm³/mol. The Kier molecular flexibility index (Phi) is 4.70. The number of aryl methyl sites for hydroxylation is 2. The third-order valence-electron chi connectivity index (χ3n) is 4.57. The summed E-state index contributed by atoms with van der Waals surface area (Å²) in [6.45, 7) is 5.62. The molecule has 2 aromatic rings. The van der Waals surface area contributed by atoms with Gasteiger partial charge in [-0.1, -0.05) is 0 Å². The molecule has 136 valence electrons. The van der Waals surface area contributed by atoms with Gasteiger partial charge in [0.15, 0.2) is 0 Å². The third-order valence-corrected chi connectivity index (χ3v) is 4.57. The van der Waals surface area contributed by atoms with Crippen LogP contribution in [0.25, 0.3) is 6.08 Å². The van der Waals surface area contributed by atoms with Crippen LogP contribution in [0.4, 0.5) is 0 Å². The molecule has 1 aliphatic rings. The number of nitrogens with two attached hydrogens (primary N) is 1. The highest BCUT2D eigenvalue weighted by molar-refractivity contribution is 5.89. The number of rotatable bonds is 3. The fourth-order valence-electron chi connectivity index (χ4n) is 3.40. The molecule has 6 nitrogen and oxygen atoms in total. The molecule has 0 spiro atoms. The Morgan fingerprint density at radius 1 is 1.35 bits per heavy atom. The first-order valence-electron chi connectivity index (χ1n) is 8.46. The number of hydrogen-bond donors (Lipinski definition) is 3. The van der Waals surface area contributed by atoms with Crippen LogP contribution in [-0.4, -0.2) is 22.2 Å². The number of carboxylic acid groups (broad SMARTS) is 1. The SMILES string of the molecule is Cc1cc(C)c(C(N)C2=Cc3cc(C(=O)O)ccc3OC(C)C2)c(=O)[nH]1. The molecule has 0 aliphatic carbocycles. The summed E-state index contributed by atoms with van der Waals surface area (Å²) >= 11 is 0. The van der Waals surface area contributed by atoms with E-state index in [1.54, 1.807) is 12.1 Å². The molecular weight excluding hydrogens is 332 g/mol. The fourth-order valence-corrected chi connectivity index (χ4v) is 3.40. The van der Waals surface area contributed by atoms with Gasteiger partial charge in [0, 0.05) is 23.2 Å². The molecule has 0 bridgehead atoms. The van der Waals surface area contributed by atoms with Crippen molar-refractivity contribution in [3.63, 3.8) is 0 Å². The van der Waals surface area contributed by atoms with Gasteiger partial charge in [-0.15, -0.1) is 0 Å². The van der Waals surface area contributed by atoms with Gasteiger partial charge in [-0.3, -0.25) is 4.79 Å². The number of carbonyl (C=O) groups is 1. The van der Waals surface area contributed by atoms with E-state index in [-0.39, 0.29) is 17.2 Å². The summed E-state index contributed by atoms with van der Waals surface area (Å²) in [4.78, 5) is 26.5. The lowest BCUT2D eigenvalue weighted by Crippen LogP contribution is -2.26. The smallest absolute Gasteiger partial charge is 0.335 e. The Hall–Kier alpha value is -2.86. The molecule has 1 aromatic heterocycles. The van der Waals surface area contributed by atoms with E-state index in [4.69, 9.17) is 10.5 Å². The number of aromatic carboxylic acids is 1. The summed E-state index contributed by atoms with van der Waals surface area (Å²) in [6.07, 6.45) is 2.24. The summed E-state index contributed by atoms with van der Waals surface area (Å²) < 4.78 is 5.90. The van der Waals surface area contributed by atoms with Gasteiger partial charge in [0.25, 0.3) is 5.56 Å². The molecule has 2 unspecified atom stereocenters. The van der Waals surface area contributed by atoms with Crippen LogP contribution in [0.1, 0.15) is 52.1 Å². The van der Waals surface area contributed by atoms with Gasteiger partial charge in [-0.05, 0) is 62.2 Å². The maximum Gasteiger partial charge on any atom is 0.335 e. The Bertz CT molecular complexity index is 959. The van der Waals surface area contributed by atoms with E-state index < -0.39 is 12.0 Å². The lowest BCUT2D eigenvalue weighted by molar-refractivity contribution is 0.0697. The Labute approximate surface area is 151 Å². The molecule has 3 rings (SSSR count). The van der Waals surface area contributed by atoms with Crippen molar-refractivity contribution in [1.29, 1.82) is 0 Å². The van der Waals surface area contributed by atoms with Crippen molar-refractivity contribution in [2.45, 2.75) is 39.3 Å². The number of aromatic nitrogens is 1. The van der Waals surface area contributed by atoms with Gasteiger partial charge in [-0.25, -0.2) is 4.79 Å². The molecule has 0 radical (unpaired) electrons. The second-order valence-electron chi connectivity index (χ2n) is 6.77. The highest BCUT2D eigenvalue weighted by Gasteiger charge is 2.24. The lowest BCUT2D eigenvalue weighted by atomic mass is 9.92. The number of ether oxygens (including phenoxy) is 1. The van der Waals surface area contributed by atoms with Crippen LogP contribution in [0, 0.1) is 13.8 Å². The zero-order valence-corrected chi connectivity index (χ0v) is 15.0. The molecule has 0 fully saturated rings. The molecular formula is C20H22N2O4. The largest absolute Gasteiger partial charge is 0.490 e. The van der Waals surface area contributed by atoms with E-state index in [1.807, 2.05) is 32.9 Å². The van der Waals surface area contributed by atoms with Crippen molar-refractivity contribution in [2.75, 3.05) is 0 Å². The van der Waals surface area contributed by atoms with Crippen LogP contribution < -0.4 is 16.0 Å². The van der Waals surface area contributed by atoms with Gasteiger partial charge < -0.3 is 20.6 Å². The number of benzene rings is 1. The molecule has 26 heavy (non-hydrogen) atoms. The number of pyridine rings is 1. The quantitative estimate of drug-likeness (QED) is 0.786. The van der Waals surface area contributed by atoms with Crippen LogP contribution >= 0.6 is 0 Å². The van der Waals surface area contributed by atoms with Crippen LogP contribution in [0.2, 0.25) is 0 Å². The van der Waals surface area contributed by atoms with E-state index in [2.05, 4.69) is 4.98 Å². The fraction of sp³-hybridized carbons (Fsp3) is 0.300. The number of H-pyrrole nitrogens is 1. The number of nitrogens with one attached hydrogen (secondary N) is 1. The first-order valence-corrected chi connectivity index (χ1v) is 8.46. The normalized spacial score (nSPS) is 17.5. The van der Waals surface area contributed by atoms with Gasteiger partial charge in [-0.2, -0.15) is 0 Å². The summed E-state index contributed by atoms with van der Waals surface area (Å²) in [5, 5.41) is 9.23. The topological polar surface area (TPSA) is 105 Å². The van der Waals surface area contributed by atoms with E-state index >= 15 is 0 Å². The van der Waals surface area contributed by atoms with Gasteiger partial charge >= 0.3 is 5.97 Å². The third kappa shape index (κ3) is 3.41. The van der Waals surface area contributed by atoms with E-state index in [0.717, 1.165) is 16.8 Å². The van der Waals surface area contributed by atoms with E-state index in [9.17, 15) is 14.7 Å². The maximum absolute atomic E-state index is 12.4. The molecule has 2 atom stereocenters. The van der Waals surface area contributed by atoms with Crippen molar-refractivity contribution in [2.24, 2.45) is 5.73 Å². The van der Waals surface area contributed by atoms with Crippen molar-refractivity contribution in [1.82, 2.24) is 4.98 Å². The highest BCUT2D eigenvalue weighted by Crippen LogP contribution is 2.34. The monoisotopic (exact) mass is 354 g/mol. The number of aromatic amines is 1. The minimum absolute atomic E-state index is 0.144. The predicted octanol–water partition coefficient (Wildman–Crippen LogP) is 2.94. The maximum atomic E-state index is 12.4. The molecule has 0 saturated heterocycles. The summed E-state index contributed by atoms with van der Waals surface area (Å²) in [5.41, 5.74) is 10.0. The molecule has 1 aromatic carbocycles. The zero-order chi connectivity index (χ0) is 19.0. The average molecular weight is 354 g/mol. The average Bonchev–Trinajstić information content (AvgIpc) is 2.70. The second kappa shape index (κ2) is 6.80. The number of hydrogen-bond acceptors (Lipinski definition) is 4. The number of carboxylic acids is 1. The molecule has 0 amide bonds.